The van der Waals surface area contributed by atoms with Gasteiger partial charge in [-0.1, -0.05) is 13.8 Å². The third-order valence-electron chi connectivity index (χ3n) is 2.96. The Morgan fingerprint density at radius 1 is 1.24 bits per heavy atom. The van der Waals surface area contributed by atoms with Gasteiger partial charge in [-0.3, -0.25) is 0 Å². The molecule has 0 amide bonds. The molecular weight excluding hydrogens is 276 g/mol. The van der Waals surface area contributed by atoms with Crippen molar-refractivity contribution in [2.24, 2.45) is 5.92 Å². The summed E-state index contributed by atoms with van der Waals surface area (Å²) in [5, 5.41) is 3.31. The van der Waals surface area contributed by atoms with Crippen molar-refractivity contribution in [3.05, 3.63) is 53.5 Å². The van der Waals surface area contributed by atoms with Crippen LogP contribution >= 0.6 is 0 Å². The van der Waals surface area contributed by atoms with E-state index in [4.69, 9.17) is 9.15 Å². The van der Waals surface area contributed by atoms with Gasteiger partial charge in [0.2, 0.25) is 0 Å². The number of halogens is 2. The lowest BCUT2D eigenvalue weighted by Gasteiger charge is -2.09. The number of hydrogen-bond acceptors (Lipinski definition) is 3. The Balaban J connectivity index is 1.92. The molecule has 1 heterocycles. The number of rotatable bonds is 7. The molecule has 0 aliphatic rings. The van der Waals surface area contributed by atoms with Crippen molar-refractivity contribution in [1.82, 2.24) is 5.32 Å². The van der Waals surface area contributed by atoms with Crippen molar-refractivity contribution < 1.29 is 17.9 Å². The maximum atomic E-state index is 13.5. The van der Waals surface area contributed by atoms with Crippen LogP contribution in [0.15, 0.2) is 34.9 Å². The number of hydrogen-bond donors (Lipinski definition) is 1. The smallest absolute Gasteiger partial charge is 0.167 e. The van der Waals surface area contributed by atoms with Crippen LogP contribution in [0.3, 0.4) is 0 Å². The summed E-state index contributed by atoms with van der Waals surface area (Å²) in [5.41, 5.74) is 0.971. The average Bonchev–Trinajstić information content (AvgIpc) is 2.85. The Morgan fingerprint density at radius 2 is 2.05 bits per heavy atom. The molecule has 0 atom stereocenters. The number of benzene rings is 1. The van der Waals surface area contributed by atoms with E-state index in [0.29, 0.717) is 18.2 Å². The Labute approximate surface area is 122 Å². The first-order chi connectivity index (χ1) is 10.1. The summed E-state index contributed by atoms with van der Waals surface area (Å²) in [4.78, 5) is 0. The van der Waals surface area contributed by atoms with Gasteiger partial charge in [0.05, 0.1) is 6.26 Å². The molecule has 0 spiro atoms. The van der Waals surface area contributed by atoms with Gasteiger partial charge in [-0.05, 0) is 30.7 Å². The van der Waals surface area contributed by atoms with Crippen molar-refractivity contribution in [2.45, 2.75) is 27.0 Å². The van der Waals surface area contributed by atoms with Gasteiger partial charge in [-0.2, -0.15) is 0 Å². The Kier molecular flexibility index (Phi) is 5.33. The van der Waals surface area contributed by atoms with E-state index in [1.54, 1.807) is 6.26 Å². The number of nitrogens with one attached hydrogen (secondary N) is 1. The highest BCUT2D eigenvalue weighted by molar-refractivity contribution is 5.25. The summed E-state index contributed by atoms with van der Waals surface area (Å²) in [6, 6.07) is 5.07. The van der Waals surface area contributed by atoms with Crippen molar-refractivity contribution in [1.29, 1.82) is 0 Å². The van der Waals surface area contributed by atoms with Crippen LogP contribution in [0.25, 0.3) is 0 Å². The van der Waals surface area contributed by atoms with E-state index in [1.807, 2.05) is 6.07 Å². The minimum absolute atomic E-state index is 0.00823. The van der Waals surface area contributed by atoms with Crippen molar-refractivity contribution in [3.8, 4) is 5.75 Å². The molecule has 0 radical (unpaired) electrons. The zero-order valence-electron chi connectivity index (χ0n) is 12.2. The standard InChI is InChI=1S/C16H19F2NO2/c1-11(2)8-19-9-12-5-6-20-16(12)10-21-15-4-3-13(17)7-14(15)18/h3-7,11,19H,8-10H2,1-2H3. The minimum atomic E-state index is -0.721. The second kappa shape index (κ2) is 7.22. The molecule has 0 bridgehead atoms. The monoisotopic (exact) mass is 295 g/mol. The molecule has 2 rings (SSSR count). The van der Waals surface area contributed by atoms with Crippen LogP contribution in [-0.2, 0) is 13.2 Å². The van der Waals surface area contributed by atoms with Crippen LogP contribution in [0.1, 0.15) is 25.2 Å². The summed E-state index contributed by atoms with van der Waals surface area (Å²) >= 11 is 0. The zero-order chi connectivity index (χ0) is 15.2. The Hall–Kier alpha value is -1.88. The fourth-order valence-electron chi connectivity index (χ4n) is 1.88. The predicted molar refractivity (Wildman–Crippen MR) is 75.9 cm³/mol. The molecule has 3 nitrogen and oxygen atoms in total. The second-order valence-electron chi connectivity index (χ2n) is 5.26. The van der Waals surface area contributed by atoms with E-state index in [2.05, 4.69) is 19.2 Å². The molecule has 0 fully saturated rings. The maximum Gasteiger partial charge on any atom is 0.167 e. The summed E-state index contributed by atoms with van der Waals surface area (Å²) in [5.74, 6) is -0.147. The molecule has 0 saturated heterocycles. The first-order valence-electron chi connectivity index (χ1n) is 6.90. The molecule has 114 valence electrons. The minimum Gasteiger partial charge on any atom is -0.483 e. The first-order valence-corrected chi connectivity index (χ1v) is 6.90. The lowest BCUT2D eigenvalue weighted by Crippen LogP contribution is -2.19. The van der Waals surface area contributed by atoms with E-state index in [9.17, 15) is 8.78 Å². The molecule has 0 aliphatic carbocycles. The summed E-state index contributed by atoms with van der Waals surface area (Å²) < 4.78 is 37.0. The third kappa shape index (κ3) is 4.56. The van der Waals surface area contributed by atoms with Gasteiger partial charge in [0.25, 0.3) is 0 Å². The fraction of sp³-hybridized carbons (Fsp3) is 0.375. The van der Waals surface area contributed by atoms with Crippen LogP contribution in [0, 0.1) is 17.6 Å². The van der Waals surface area contributed by atoms with Gasteiger partial charge < -0.3 is 14.5 Å². The number of furan rings is 1. The molecular formula is C16H19F2NO2. The lowest BCUT2D eigenvalue weighted by atomic mass is 10.2. The van der Waals surface area contributed by atoms with Crippen LogP contribution in [0.4, 0.5) is 8.78 Å². The van der Waals surface area contributed by atoms with Crippen LogP contribution in [-0.4, -0.2) is 6.54 Å². The zero-order valence-corrected chi connectivity index (χ0v) is 12.2. The predicted octanol–water partition coefficient (Wildman–Crippen LogP) is 3.88. The summed E-state index contributed by atoms with van der Waals surface area (Å²) in [7, 11) is 0. The molecule has 21 heavy (non-hydrogen) atoms. The second-order valence-corrected chi connectivity index (χ2v) is 5.26. The van der Waals surface area contributed by atoms with E-state index >= 15 is 0 Å². The number of ether oxygens (including phenoxy) is 1. The van der Waals surface area contributed by atoms with Gasteiger partial charge in [0, 0.05) is 18.2 Å². The molecule has 0 saturated carbocycles. The Morgan fingerprint density at radius 3 is 2.76 bits per heavy atom. The molecule has 0 aliphatic heterocycles. The SMILES string of the molecule is CC(C)CNCc1ccoc1COc1ccc(F)cc1F. The summed E-state index contributed by atoms with van der Waals surface area (Å²) in [6.07, 6.45) is 1.58. The molecule has 1 N–H and O–H groups in total. The van der Waals surface area contributed by atoms with Crippen molar-refractivity contribution in [3.63, 3.8) is 0 Å². The third-order valence-corrected chi connectivity index (χ3v) is 2.96. The first kappa shape index (κ1) is 15.5. The van der Waals surface area contributed by atoms with Gasteiger partial charge >= 0.3 is 0 Å². The highest BCUT2D eigenvalue weighted by atomic mass is 19.1. The largest absolute Gasteiger partial charge is 0.483 e. The maximum absolute atomic E-state index is 13.5. The molecule has 1 aromatic carbocycles. The topological polar surface area (TPSA) is 34.4 Å². The molecule has 5 heteroatoms. The van der Waals surface area contributed by atoms with Gasteiger partial charge in [0.1, 0.15) is 18.2 Å². The molecule has 2 aromatic rings. The van der Waals surface area contributed by atoms with E-state index in [0.717, 1.165) is 24.2 Å². The van der Waals surface area contributed by atoms with E-state index in [-0.39, 0.29) is 12.4 Å². The van der Waals surface area contributed by atoms with Crippen LogP contribution < -0.4 is 10.1 Å². The quantitative estimate of drug-likeness (QED) is 0.841. The average molecular weight is 295 g/mol. The van der Waals surface area contributed by atoms with Crippen molar-refractivity contribution in [2.75, 3.05) is 6.54 Å². The van der Waals surface area contributed by atoms with E-state index in [1.165, 1.54) is 6.07 Å². The molecule has 0 unspecified atom stereocenters. The highest BCUT2D eigenvalue weighted by Gasteiger charge is 2.10. The van der Waals surface area contributed by atoms with E-state index < -0.39 is 11.6 Å². The van der Waals surface area contributed by atoms with Gasteiger partial charge in [-0.15, -0.1) is 0 Å². The van der Waals surface area contributed by atoms with Crippen LogP contribution in [0.2, 0.25) is 0 Å². The Bertz CT molecular complexity index is 581. The van der Waals surface area contributed by atoms with Gasteiger partial charge in [-0.25, -0.2) is 8.78 Å². The lowest BCUT2D eigenvalue weighted by molar-refractivity contribution is 0.256. The normalized spacial score (nSPS) is 11.1. The summed E-state index contributed by atoms with van der Waals surface area (Å²) in [6.45, 7) is 5.93. The van der Waals surface area contributed by atoms with Gasteiger partial charge in [0.15, 0.2) is 11.6 Å². The van der Waals surface area contributed by atoms with Crippen molar-refractivity contribution >= 4 is 0 Å². The molecule has 1 aromatic heterocycles. The van der Waals surface area contributed by atoms with Crippen LogP contribution in [0.5, 0.6) is 5.75 Å². The fourth-order valence-corrected chi connectivity index (χ4v) is 1.88. The highest BCUT2D eigenvalue weighted by Crippen LogP contribution is 2.20.